The van der Waals surface area contributed by atoms with Gasteiger partial charge in [-0.15, -0.1) is 22.7 Å². The van der Waals surface area contributed by atoms with Crippen molar-refractivity contribution in [2.45, 2.75) is 30.1 Å². The van der Waals surface area contributed by atoms with E-state index in [2.05, 4.69) is 9.71 Å². The monoisotopic (exact) mass is 316 g/mol. The Kier molecular flexibility index (Phi) is 3.34. The molecule has 0 saturated carbocycles. The molecule has 2 aromatic rings. The molecule has 0 aromatic carbocycles. The Morgan fingerprint density at radius 2 is 2.26 bits per heavy atom. The van der Waals surface area contributed by atoms with E-state index in [9.17, 15) is 8.42 Å². The molecular weight excluding hydrogens is 304 g/mol. The van der Waals surface area contributed by atoms with Crippen LogP contribution in [0.25, 0.3) is 0 Å². The second-order valence-electron chi connectivity index (χ2n) is 4.28. The van der Waals surface area contributed by atoms with Crippen LogP contribution in [0.1, 0.15) is 22.6 Å². The lowest BCUT2D eigenvalue weighted by Gasteiger charge is -2.01. The summed E-state index contributed by atoms with van der Waals surface area (Å²) in [7, 11) is -3.58. The normalized spacial score (nSPS) is 14.6. The summed E-state index contributed by atoms with van der Waals surface area (Å²) in [5.41, 5.74) is 1.62. The molecule has 0 amide bonds. The van der Waals surface area contributed by atoms with Crippen LogP contribution in [-0.4, -0.2) is 18.5 Å². The number of hydrogen-bond donors (Lipinski definition) is 2. The van der Waals surface area contributed by atoms with Crippen LogP contribution in [0.15, 0.2) is 15.7 Å². The van der Waals surface area contributed by atoms with Crippen molar-refractivity contribution in [2.24, 2.45) is 0 Å². The van der Waals surface area contributed by atoms with E-state index in [0.29, 0.717) is 10.7 Å². The van der Waals surface area contributed by atoms with Crippen LogP contribution >= 0.6 is 22.7 Å². The molecule has 5 nitrogen and oxygen atoms in total. The Morgan fingerprint density at radius 3 is 2.95 bits per heavy atom. The first-order valence-corrected chi connectivity index (χ1v) is 8.96. The van der Waals surface area contributed by atoms with Crippen LogP contribution in [0.2, 0.25) is 0 Å². The number of rotatable bonds is 4. The van der Waals surface area contributed by atoms with Crippen molar-refractivity contribution >= 4 is 37.8 Å². The van der Waals surface area contributed by atoms with Gasteiger partial charge in [0.25, 0.3) is 10.0 Å². The zero-order chi connectivity index (χ0) is 13.5. The molecule has 102 valence electrons. The number of anilines is 1. The Morgan fingerprint density at radius 1 is 1.42 bits per heavy atom. The second-order valence-corrected chi connectivity index (χ2v) is 8.18. The van der Waals surface area contributed by atoms with Gasteiger partial charge in [-0.25, -0.2) is 13.4 Å². The molecule has 0 radical (unpaired) electrons. The maximum absolute atomic E-state index is 12.1. The maximum Gasteiger partial charge on any atom is 0.273 e. The van der Waals surface area contributed by atoms with Crippen LogP contribution in [0, 0.1) is 0 Å². The Balaban J connectivity index is 1.84. The third-order valence-electron chi connectivity index (χ3n) is 2.89. The van der Waals surface area contributed by atoms with Crippen LogP contribution < -0.4 is 4.72 Å². The summed E-state index contributed by atoms with van der Waals surface area (Å²) in [5, 5.41) is 11.0. The number of aliphatic hydroxyl groups excluding tert-OH is 1. The lowest BCUT2D eigenvalue weighted by atomic mass is 10.4. The molecule has 0 unspecified atom stereocenters. The van der Waals surface area contributed by atoms with Gasteiger partial charge in [-0.05, 0) is 36.3 Å². The zero-order valence-corrected chi connectivity index (χ0v) is 12.4. The number of aromatic nitrogens is 1. The van der Waals surface area contributed by atoms with E-state index >= 15 is 0 Å². The maximum atomic E-state index is 12.1. The number of sulfonamides is 1. The summed E-state index contributed by atoms with van der Waals surface area (Å²) in [5.74, 6) is 0. The highest BCUT2D eigenvalue weighted by molar-refractivity contribution is 7.94. The van der Waals surface area contributed by atoms with E-state index < -0.39 is 10.0 Å². The van der Waals surface area contributed by atoms with Crippen molar-refractivity contribution in [3.8, 4) is 0 Å². The number of hydrogen-bond acceptors (Lipinski definition) is 6. The lowest BCUT2D eigenvalue weighted by molar-refractivity contribution is 0.282. The SMILES string of the molecule is O=S(=O)(Nc1nc2c(s1)CCC2)c1cc(CO)cs1. The molecule has 0 atom stereocenters. The molecule has 0 fully saturated rings. The Labute approximate surface area is 119 Å². The molecule has 1 aliphatic carbocycles. The number of thiazole rings is 1. The van der Waals surface area contributed by atoms with Crippen molar-refractivity contribution < 1.29 is 13.5 Å². The van der Waals surface area contributed by atoms with Crippen molar-refractivity contribution in [3.05, 3.63) is 27.6 Å². The van der Waals surface area contributed by atoms with Crippen LogP contribution in [0.3, 0.4) is 0 Å². The largest absolute Gasteiger partial charge is 0.392 e. The van der Waals surface area contributed by atoms with Gasteiger partial charge in [0.05, 0.1) is 12.3 Å². The van der Waals surface area contributed by atoms with E-state index in [0.717, 1.165) is 36.3 Å². The van der Waals surface area contributed by atoms with Crippen molar-refractivity contribution in [3.63, 3.8) is 0 Å². The zero-order valence-electron chi connectivity index (χ0n) is 9.92. The van der Waals surface area contributed by atoms with Gasteiger partial charge in [0.15, 0.2) is 5.13 Å². The summed E-state index contributed by atoms with van der Waals surface area (Å²) in [6.45, 7) is -0.155. The molecule has 2 heterocycles. The molecule has 2 aromatic heterocycles. The fourth-order valence-electron chi connectivity index (χ4n) is 1.98. The Bertz CT molecular complexity index is 681. The van der Waals surface area contributed by atoms with Crippen molar-refractivity contribution in [2.75, 3.05) is 4.72 Å². The minimum atomic E-state index is -3.58. The van der Waals surface area contributed by atoms with Gasteiger partial charge in [0.2, 0.25) is 0 Å². The highest BCUT2D eigenvalue weighted by Crippen LogP contribution is 2.32. The summed E-state index contributed by atoms with van der Waals surface area (Å²) < 4.78 is 27.0. The molecule has 8 heteroatoms. The average Bonchev–Trinajstić information content (AvgIpc) is 3.01. The van der Waals surface area contributed by atoms with Gasteiger partial charge in [-0.2, -0.15) is 0 Å². The number of nitrogens with zero attached hydrogens (tertiary/aromatic N) is 1. The summed E-state index contributed by atoms with van der Waals surface area (Å²) >= 11 is 2.51. The number of nitrogens with one attached hydrogen (secondary N) is 1. The van der Waals surface area contributed by atoms with Gasteiger partial charge in [0, 0.05) is 4.88 Å². The molecule has 0 aliphatic heterocycles. The predicted molar refractivity (Wildman–Crippen MR) is 75.2 cm³/mol. The highest BCUT2D eigenvalue weighted by Gasteiger charge is 2.22. The molecular formula is C11H12N2O3S3. The smallest absolute Gasteiger partial charge is 0.273 e. The van der Waals surface area contributed by atoms with E-state index in [1.54, 1.807) is 5.38 Å². The molecule has 1 aliphatic rings. The van der Waals surface area contributed by atoms with Crippen molar-refractivity contribution in [1.29, 1.82) is 0 Å². The molecule has 0 saturated heterocycles. The fourth-order valence-corrected chi connectivity index (χ4v) is 5.46. The van der Waals surface area contributed by atoms with E-state index in [1.165, 1.54) is 22.3 Å². The fraction of sp³-hybridized carbons (Fsp3) is 0.364. The minimum absolute atomic E-state index is 0.155. The molecule has 0 spiro atoms. The number of aryl methyl sites for hydroxylation is 2. The van der Waals surface area contributed by atoms with Gasteiger partial charge in [-0.3, -0.25) is 4.72 Å². The van der Waals surface area contributed by atoms with Gasteiger partial charge < -0.3 is 5.11 Å². The standard InChI is InChI=1S/C11H12N2O3S3/c14-5-7-4-10(17-6-7)19(15,16)13-11-12-8-2-1-3-9(8)18-11/h4,6,14H,1-3,5H2,(H,12,13). The summed E-state index contributed by atoms with van der Waals surface area (Å²) in [6.07, 6.45) is 3.02. The first-order valence-electron chi connectivity index (χ1n) is 5.78. The second kappa shape index (κ2) is 4.86. The Hall–Kier alpha value is -0.960. The molecule has 3 rings (SSSR count). The third kappa shape index (κ3) is 2.53. The molecule has 19 heavy (non-hydrogen) atoms. The minimum Gasteiger partial charge on any atom is -0.392 e. The third-order valence-corrected chi connectivity index (χ3v) is 6.92. The van der Waals surface area contributed by atoms with Gasteiger partial charge >= 0.3 is 0 Å². The first kappa shape index (κ1) is 13.0. The van der Waals surface area contributed by atoms with E-state index in [-0.39, 0.29) is 10.8 Å². The number of fused-ring (bicyclic) bond motifs is 1. The number of thiophene rings is 1. The van der Waals surface area contributed by atoms with E-state index in [1.807, 2.05) is 0 Å². The van der Waals surface area contributed by atoms with Crippen LogP contribution in [-0.2, 0) is 29.5 Å². The average molecular weight is 316 g/mol. The van der Waals surface area contributed by atoms with E-state index in [4.69, 9.17) is 5.11 Å². The highest BCUT2D eigenvalue weighted by atomic mass is 32.2. The quantitative estimate of drug-likeness (QED) is 0.904. The summed E-state index contributed by atoms with van der Waals surface area (Å²) in [6, 6.07) is 1.48. The van der Waals surface area contributed by atoms with Gasteiger partial charge in [-0.1, -0.05) is 0 Å². The first-order chi connectivity index (χ1) is 9.08. The number of aliphatic hydroxyl groups is 1. The topological polar surface area (TPSA) is 79.3 Å². The van der Waals surface area contributed by atoms with Crippen molar-refractivity contribution in [1.82, 2.24) is 4.98 Å². The molecule has 0 bridgehead atoms. The van der Waals surface area contributed by atoms with Gasteiger partial charge in [0.1, 0.15) is 4.21 Å². The predicted octanol–water partition coefficient (Wildman–Crippen LogP) is 1.99. The molecule has 2 N–H and O–H groups in total. The van der Waals surface area contributed by atoms with Crippen LogP contribution in [0.4, 0.5) is 5.13 Å². The lowest BCUT2D eigenvalue weighted by Crippen LogP contribution is -2.11. The van der Waals surface area contributed by atoms with Crippen LogP contribution in [0.5, 0.6) is 0 Å². The summed E-state index contributed by atoms with van der Waals surface area (Å²) in [4.78, 5) is 5.49.